The summed E-state index contributed by atoms with van der Waals surface area (Å²) in [6, 6.07) is 1.40. The smallest absolute Gasteiger partial charge is 0.346 e. The van der Waals surface area contributed by atoms with E-state index in [0.29, 0.717) is 23.7 Å². The number of rotatable bonds is 1. The number of carbonyl (C=O) groups excluding carboxylic acids is 1. The predicted molar refractivity (Wildman–Crippen MR) is 45.7 cm³/mol. The Hall–Kier alpha value is -1.36. The number of carbonyl (C=O) groups is 2. The fourth-order valence-corrected chi connectivity index (χ4v) is 2.06. The number of hydrogen-bond donors (Lipinski definition) is 1. The number of ether oxygens (including phenoxy) is 1. The minimum atomic E-state index is -1.02. The summed E-state index contributed by atoms with van der Waals surface area (Å²) in [5.41, 5.74) is 0. The molecule has 1 aliphatic rings. The molecule has 13 heavy (non-hydrogen) atoms. The first-order valence-corrected chi connectivity index (χ1v) is 4.53. The van der Waals surface area contributed by atoms with Gasteiger partial charge in [-0.1, -0.05) is 0 Å². The quantitative estimate of drug-likeness (QED) is 0.741. The lowest BCUT2D eigenvalue weighted by molar-refractivity contribution is 0.0701. The Bertz CT molecular complexity index is 379. The van der Waals surface area contributed by atoms with E-state index in [1.807, 2.05) is 0 Å². The van der Waals surface area contributed by atoms with E-state index in [1.165, 1.54) is 6.07 Å². The van der Waals surface area contributed by atoms with E-state index in [-0.39, 0.29) is 10.7 Å². The molecule has 1 aliphatic heterocycles. The van der Waals surface area contributed by atoms with E-state index in [2.05, 4.69) is 0 Å². The Kier molecular flexibility index (Phi) is 1.81. The maximum atomic E-state index is 11.3. The average molecular weight is 198 g/mol. The minimum Gasteiger partial charge on any atom is -0.491 e. The Morgan fingerprint density at radius 2 is 2.38 bits per heavy atom. The molecule has 0 bridgehead atoms. The second-order valence-corrected chi connectivity index (χ2v) is 3.68. The van der Waals surface area contributed by atoms with E-state index >= 15 is 0 Å². The summed E-state index contributed by atoms with van der Waals surface area (Å²) in [5, 5.41) is 8.66. The Labute approximate surface area is 77.8 Å². The standard InChI is InChI=1S/C8H6O4S/c9-4-1-2-12-5-3-6(8(10)11)13-7(4)5/h3H,1-2H2,(H,10,11). The number of carboxylic acids is 1. The van der Waals surface area contributed by atoms with Gasteiger partial charge < -0.3 is 9.84 Å². The zero-order valence-electron chi connectivity index (χ0n) is 6.57. The van der Waals surface area contributed by atoms with Crippen molar-refractivity contribution in [2.24, 2.45) is 0 Å². The molecule has 1 N–H and O–H groups in total. The van der Waals surface area contributed by atoms with Gasteiger partial charge in [-0.2, -0.15) is 0 Å². The highest BCUT2D eigenvalue weighted by atomic mass is 32.1. The maximum absolute atomic E-state index is 11.3. The van der Waals surface area contributed by atoms with Crippen LogP contribution in [-0.2, 0) is 0 Å². The summed E-state index contributed by atoms with van der Waals surface area (Å²) in [6.07, 6.45) is 0.340. The molecule has 0 amide bonds. The van der Waals surface area contributed by atoms with Gasteiger partial charge in [0.05, 0.1) is 6.61 Å². The molecular formula is C8H6O4S. The first-order valence-electron chi connectivity index (χ1n) is 3.71. The monoisotopic (exact) mass is 198 g/mol. The summed E-state index contributed by atoms with van der Waals surface area (Å²) in [5.74, 6) is -0.631. The molecule has 0 unspecified atom stereocenters. The van der Waals surface area contributed by atoms with Crippen LogP contribution in [0.3, 0.4) is 0 Å². The van der Waals surface area contributed by atoms with Crippen molar-refractivity contribution >= 4 is 23.1 Å². The molecule has 4 nitrogen and oxygen atoms in total. The molecule has 0 saturated carbocycles. The Balaban J connectivity index is 2.48. The van der Waals surface area contributed by atoms with Gasteiger partial charge in [-0.05, 0) is 0 Å². The van der Waals surface area contributed by atoms with Crippen LogP contribution in [0.2, 0.25) is 0 Å². The molecule has 1 aromatic rings. The van der Waals surface area contributed by atoms with Crippen LogP contribution in [0, 0.1) is 0 Å². The molecule has 1 aromatic heterocycles. The number of hydrogen-bond acceptors (Lipinski definition) is 4. The van der Waals surface area contributed by atoms with E-state index in [1.54, 1.807) is 0 Å². The van der Waals surface area contributed by atoms with Crippen molar-refractivity contribution in [1.29, 1.82) is 0 Å². The molecule has 2 heterocycles. The molecule has 0 saturated heterocycles. The summed E-state index contributed by atoms with van der Waals surface area (Å²) in [6.45, 7) is 0.349. The number of fused-ring (bicyclic) bond motifs is 1. The topological polar surface area (TPSA) is 63.6 Å². The van der Waals surface area contributed by atoms with Crippen LogP contribution >= 0.6 is 11.3 Å². The van der Waals surface area contributed by atoms with Crippen molar-refractivity contribution in [3.8, 4) is 5.75 Å². The Morgan fingerprint density at radius 3 is 3.00 bits per heavy atom. The van der Waals surface area contributed by atoms with Crippen LogP contribution in [0.1, 0.15) is 25.8 Å². The molecule has 0 aromatic carbocycles. The van der Waals surface area contributed by atoms with Crippen molar-refractivity contribution in [1.82, 2.24) is 0 Å². The van der Waals surface area contributed by atoms with Gasteiger partial charge >= 0.3 is 5.97 Å². The first-order chi connectivity index (χ1) is 6.18. The van der Waals surface area contributed by atoms with Gasteiger partial charge in [-0.3, -0.25) is 4.79 Å². The van der Waals surface area contributed by atoms with Gasteiger partial charge in [0.15, 0.2) is 5.78 Å². The van der Waals surface area contributed by atoms with Gasteiger partial charge in [0.25, 0.3) is 0 Å². The van der Waals surface area contributed by atoms with Gasteiger partial charge in [0, 0.05) is 12.5 Å². The highest BCUT2D eigenvalue weighted by molar-refractivity contribution is 7.16. The van der Waals surface area contributed by atoms with Crippen LogP contribution < -0.4 is 4.74 Å². The van der Waals surface area contributed by atoms with Gasteiger partial charge in [-0.25, -0.2) is 4.79 Å². The van der Waals surface area contributed by atoms with Gasteiger partial charge in [-0.15, -0.1) is 11.3 Å². The molecule has 0 aliphatic carbocycles. The molecular weight excluding hydrogens is 192 g/mol. The van der Waals surface area contributed by atoms with E-state index in [9.17, 15) is 9.59 Å². The lowest BCUT2D eigenvalue weighted by Crippen LogP contribution is -2.12. The molecule has 0 fully saturated rings. The lowest BCUT2D eigenvalue weighted by Gasteiger charge is -2.10. The fraction of sp³-hybridized carbons (Fsp3) is 0.250. The second kappa shape index (κ2) is 2.85. The normalized spacial score (nSPS) is 14.9. The summed E-state index contributed by atoms with van der Waals surface area (Å²) >= 11 is 0.977. The van der Waals surface area contributed by atoms with Crippen LogP contribution in [-0.4, -0.2) is 23.5 Å². The van der Waals surface area contributed by atoms with Crippen LogP contribution in [0.15, 0.2) is 6.07 Å². The van der Waals surface area contributed by atoms with E-state index in [4.69, 9.17) is 9.84 Å². The average Bonchev–Trinajstić information content (AvgIpc) is 2.49. The van der Waals surface area contributed by atoms with Crippen molar-refractivity contribution in [3.05, 3.63) is 15.8 Å². The van der Waals surface area contributed by atoms with Crippen molar-refractivity contribution in [2.45, 2.75) is 6.42 Å². The SMILES string of the molecule is O=C(O)c1cc2c(s1)C(=O)CCO2. The maximum Gasteiger partial charge on any atom is 0.346 e. The van der Waals surface area contributed by atoms with Crippen LogP contribution in [0.5, 0.6) is 5.75 Å². The van der Waals surface area contributed by atoms with Crippen LogP contribution in [0.25, 0.3) is 0 Å². The number of thiophene rings is 1. The summed E-state index contributed by atoms with van der Waals surface area (Å²) in [7, 11) is 0. The third-order valence-electron chi connectivity index (χ3n) is 1.75. The minimum absolute atomic E-state index is 0.0289. The summed E-state index contributed by atoms with van der Waals surface area (Å²) in [4.78, 5) is 22.4. The number of aromatic carboxylic acids is 1. The van der Waals surface area contributed by atoms with E-state index in [0.717, 1.165) is 11.3 Å². The highest BCUT2D eigenvalue weighted by Gasteiger charge is 2.23. The predicted octanol–water partition coefficient (Wildman–Crippen LogP) is 1.41. The molecule has 68 valence electrons. The number of ketones is 1. The van der Waals surface area contributed by atoms with Gasteiger partial charge in [0.1, 0.15) is 15.5 Å². The molecule has 2 rings (SSSR count). The third-order valence-corrected chi connectivity index (χ3v) is 2.89. The number of Topliss-reactive ketones (excluding diaryl/α,β-unsaturated/α-hetero) is 1. The number of carboxylic acid groups (broad SMARTS) is 1. The highest BCUT2D eigenvalue weighted by Crippen LogP contribution is 2.33. The first kappa shape index (κ1) is 8.25. The molecule has 0 spiro atoms. The van der Waals surface area contributed by atoms with Crippen molar-refractivity contribution in [2.75, 3.05) is 6.61 Å². The van der Waals surface area contributed by atoms with E-state index < -0.39 is 5.97 Å². The van der Waals surface area contributed by atoms with Crippen LogP contribution in [0.4, 0.5) is 0 Å². The molecule has 0 atom stereocenters. The van der Waals surface area contributed by atoms with Crippen molar-refractivity contribution in [3.63, 3.8) is 0 Å². The zero-order chi connectivity index (χ0) is 9.42. The second-order valence-electron chi connectivity index (χ2n) is 2.63. The summed E-state index contributed by atoms with van der Waals surface area (Å²) < 4.78 is 5.15. The van der Waals surface area contributed by atoms with Crippen molar-refractivity contribution < 1.29 is 19.4 Å². The molecule has 0 radical (unpaired) electrons. The molecule has 5 heteroatoms. The fourth-order valence-electron chi connectivity index (χ4n) is 1.15. The third kappa shape index (κ3) is 1.31. The van der Waals surface area contributed by atoms with Gasteiger partial charge in [0.2, 0.25) is 0 Å². The largest absolute Gasteiger partial charge is 0.491 e. The zero-order valence-corrected chi connectivity index (χ0v) is 7.39. The lowest BCUT2D eigenvalue weighted by atomic mass is 10.2. The Morgan fingerprint density at radius 1 is 1.62 bits per heavy atom.